The number of fused-ring (bicyclic) bond motifs is 5. The summed E-state index contributed by atoms with van der Waals surface area (Å²) in [5.74, 6) is -1.90. The highest BCUT2D eigenvalue weighted by molar-refractivity contribution is 7.84. The molecule has 3 aliphatic rings. The summed E-state index contributed by atoms with van der Waals surface area (Å²) in [7, 11) is -1.40. The predicted octanol–water partition coefficient (Wildman–Crippen LogP) is 8.67. The molecule has 2 aromatic carbocycles. The number of hydrogen-bond donors (Lipinski definition) is 2. The van der Waals surface area contributed by atoms with Crippen molar-refractivity contribution in [1.29, 1.82) is 0 Å². The minimum Gasteiger partial charge on any atom is -0.508 e. The second-order valence-electron chi connectivity index (χ2n) is 13.6. The normalized spacial score (nSPS) is 28.6. The molecule has 2 N–H and O–H groups in total. The highest BCUT2D eigenvalue weighted by Gasteiger charge is 2.58. The molecule has 0 bridgehead atoms. The van der Waals surface area contributed by atoms with Crippen molar-refractivity contribution in [3.05, 3.63) is 59.2 Å². The van der Waals surface area contributed by atoms with Crippen molar-refractivity contribution >= 4 is 10.8 Å². The first kappa shape index (κ1) is 34.1. The highest BCUT2D eigenvalue weighted by Crippen LogP contribution is 2.65. The van der Waals surface area contributed by atoms with Gasteiger partial charge in [0, 0.05) is 28.7 Å². The molecule has 0 aliphatic heterocycles. The van der Waals surface area contributed by atoms with Gasteiger partial charge in [0.2, 0.25) is 0 Å². The van der Waals surface area contributed by atoms with Crippen molar-refractivity contribution in [1.82, 2.24) is 0 Å². The Balaban J connectivity index is 1.09. The van der Waals surface area contributed by atoms with Crippen molar-refractivity contribution in [2.75, 3.05) is 18.1 Å². The van der Waals surface area contributed by atoms with E-state index in [1.165, 1.54) is 16.7 Å². The second-order valence-corrected chi connectivity index (χ2v) is 15.3. The van der Waals surface area contributed by atoms with Crippen LogP contribution in [-0.4, -0.2) is 50.7 Å². The van der Waals surface area contributed by atoms with Crippen molar-refractivity contribution in [3.63, 3.8) is 0 Å². The zero-order valence-electron chi connectivity index (χ0n) is 25.8. The molecule has 1 unspecified atom stereocenters. The summed E-state index contributed by atoms with van der Waals surface area (Å²) in [6, 6.07) is 14.2. The topological polar surface area (TPSA) is 66.8 Å². The molecule has 4 nitrogen and oxygen atoms in total. The fourth-order valence-electron chi connectivity index (χ4n) is 8.41. The van der Waals surface area contributed by atoms with Gasteiger partial charge in [-0.05, 0) is 121 Å². The molecule has 5 rings (SSSR count). The van der Waals surface area contributed by atoms with Crippen LogP contribution < -0.4 is 4.74 Å². The number of benzene rings is 2. The molecule has 0 amide bonds. The van der Waals surface area contributed by atoms with E-state index in [4.69, 9.17) is 4.74 Å². The van der Waals surface area contributed by atoms with Crippen LogP contribution in [0.3, 0.4) is 0 Å². The summed E-state index contributed by atoms with van der Waals surface area (Å²) >= 11 is 0. The van der Waals surface area contributed by atoms with Crippen LogP contribution >= 0.6 is 0 Å². The number of aliphatic hydroxyl groups excluding tert-OH is 1. The van der Waals surface area contributed by atoms with Crippen LogP contribution in [0.5, 0.6) is 11.5 Å². The minimum absolute atomic E-state index is 0.107. The van der Waals surface area contributed by atoms with Gasteiger partial charge in [-0.15, -0.1) is 0 Å². The molecule has 0 radical (unpaired) electrons. The molecule has 10 heteroatoms. The quantitative estimate of drug-likeness (QED) is 0.167. The van der Waals surface area contributed by atoms with Crippen LogP contribution in [0.4, 0.5) is 22.0 Å². The molecule has 45 heavy (non-hydrogen) atoms. The van der Waals surface area contributed by atoms with E-state index in [0.29, 0.717) is 42.3 Å². The van der Waals surface area contributed by atoms with E-state index >= 15 is 0 Å². The largest absolute Gasteiger partial charge is 0.508 e. The number of rotatable bonds is 13. The fourth-order valence-corrected chi connectivity index (χ4v) is 9.61. The van der Waals surface area contributed by atoms with Crippen LogP contribution in [0.25, 0.3) is 0 Å². The molecular weight excluding hydrogens is 611 g/mol. The molecule has 0 spiro atoms. The number of aliphatic hydroxyl groups is 1. The van der Waals surface area contributed by atoms with Crippen molar-refractivity contribution in [3.8, 4) is 11.5 Å². The summed E-state index contributed by atoms with van der Waals surface area (Å²) in [4.78, 5) is 0. The van der Waals surface area contributed by atoms with Gasteiger partial charge < -0.3 is 14.9 Å². The van der Waals surface area contributed by atoms with Gasteiger partial charge in [-0.2, -0.15) is 22.0 Å². The van der Waals surface area contributed by atoms with Crippen LogP contribution in [0.1, 0.15) is 99.7 Å². The predicted molar refractivity (Wildman–Crippen MR) is 165 cm³/mol. The summed E-state index contributed by atoms with van der Waals surface area (Å²) in [6.07, 6.45) is 0.305. The number of phenolic OH excluding ortho intramolecular Hbond substituents is 1. The first-order valence-electron chi connectivity index (χ1n) is 16.3. The lowest BCUT2D eigenvalue weighted by atomic mass is 9.51. The molecule has 7 atom stereocenters. The maximum atomic E-state index is 13.0. The molecule has 0 saturated heterocycles. The molecule has 2 aromatic rings. The maximum Gasteiger partial charge on any atom is 0.453 e. The summed E-state index contributed by atoms with van der Waals surface area (Å²) in [5.41, 5.74) is 3.71. The van der Waals surface area contributed by atoms with Crippen LogP contribution in [0, 0.1) is 17.3 Å². The number of aromatic hydroxyl groups is 1. The van der Waals surface area contributed by atoms with Gasteiger partial charge in [0.25, 0.3) is 0 Å². The average molecular weight is 657 g/mol. The van der Waals surface area contributed by atoms with Crippen molar-refractivity contribution in [2.45, 2.75) is 108 Å². The van der Waals surface area contributed by atoms with Gasteiger partial charge in [-0.25, -0.2) is 0 Å². The first-order chi connectivity index (χ1) is 21.3. The molecule has 0 heterocycles. The molecule has 250 valence electrons. The number of phenols is 1. The standard InChI is InChI=1S/C35H45F5O4S/c1-33-22-29(32-27-14-10-25(41)21-24(27)9-13-28(32)30(33)15-16-31(33)42)23-7-11-26(12-8-23)44-18-4-2-3-5-19-45(43)20-6-17-34(36,37)35(38,39)40/h7-8,10-12,14,21,28-32,41-42H,2-6,9,13,15-20,22H2,1H3/t28-,29+,30-,31-,32+,33-,45?/m0/s1. The van der Waals surface area contributed by atoms with E-state index in [0.717, 1.165) is 57.1 Å². The van der Waals surface area contributed by atoms with E-state index in [9.17, 15) is 36.4 Å². The molecule has 3 aliphatic carbocycles. The van der Waals surface area contributed by atoms with Crippen molar-refractivity contribution < 1.29 is 41.1 Å². The lowest BCUT2D eigenvalue weighted by Crippen LogP contribution is -2.47. The number of unbranched alkanes of at least 4 members (excludes halogenated alkanes) is 3. The first-order valence-corrected chi connectivity index (χ1v) is 17.8. The summed E-state index contributed by atoms with van der Waals surface area (Å²) in [6.45, 7) is 2.80. The Labute approximate surface area is 265 Å². The Hall–Kier alpha value is -2.20. The Morgan fingerprint density at radius 2 is 1.64 bits per heavy atom. The van der Waals surface area contributed by atoms with Crippen LogP contribution in [-0.2, 0) is 17.2 Å². The zero-order valence-corrected chi connectivity index (χ0v) is 26.7. The van der Waals surface area contributed by atoms with E-state index in [-0.39, 0.29) is 23.2 Å². The zero-order chi connectivity index (χ0) is 32.4. The number of alkyl halides is 5. The van der Waals surface area contributed by atoms with Crippen LogP contribution in [0.2, 0.25) is 0 Å². The summed E-state index contributed by atoms with van der Waals surface area (Å²) < 4.78 is 80.6. The molecular formula is C35H45F5O4S. The lowest BCUT2D eigenvalue weighted by Gasteiger charge is -2.54. The third-order valence-electron chi connectivity index (χ3n) is 10.8. The number of aryl methyl sites for hydroxylation is 1. The van der Waals surface area contributed by atoms with Gasteiger partial charge in [0.15, 0.2) is 0 Å². The van der Waals surface area contributed by atoms with Gasteiger partial charge in [-0.3, -0.25) is 4.21 Å². The summed E-state index contributed by atoms with van der Waals surface area (Å²) in [5, 5.41) is 21.2. The lowest BCUT2D eigenvalue weighted by molar-refractivity contribution is -0.284. The molecule has 2 fully saturated rings. The molecule has 0 aromatic heterocycles. The Kier molecular flexibility index (Phi) is 10.5. The Bertz CT molecular complexity index is 1320. The van der Waals surface area contributed by atoms with Crippen LogP contribution in [0.15, 0.2) is 42.5 Å². The molecule has 2 saturated carbocycles. The highest BCUT2D eigenvalue weighted by atomic mass is 32.2. The van der Waals surface area contributed by atoms with E-state index in [2.05, 4.69) is 25.1 Å². The van der Waals surface area contributed by atoms with Gasteiger partial charge in [0.1, 0.15) is 11.5 Å². The maximum absolute atomic E-state index is 13.0. The minimum atomic E-state index is -5.56. The van der Waals surface area contributed by atoms with Gasteiger partial charge >= 0.3 is 12.1 Å². The number of ether oxygens (including phenoxy) is 1. The SMILES string of the molecule is C[C@]12C[C@H](c3ccc(OCCCCCCS(=O)CCCC(F)(F)C(F)(F)F)cc3)[C@@H]3c4ccc(O)cc4CC[C@H]3[C@@H]1CC[C@@H]2O. The van der Waals surface area contributed by atoms with Crippen molar-refractivity contribution in [2.24, 2.45) is 17.3 Å². The fraction of sp³-hybridized carbons (Fsp3) is 0.657. The monoisotopic (exact) mass is 656 g/mol. The van der Waals surface area contributed by atoms with E-state index < -0.39 is 35.7 Å². The van der Waals surface area contributed by atoms with E-state index in [1.54, 1.807) is 6.07 Å². The van der Waals surface area contributed by atoms with Gasteiger partial charge in [0.05, 0.1) is 12.7 Å². The smallest absolute Gasteiger partial charge is 0.453 e. The number of hydrogen-bond acceptors (Lipinski definition) is 4. The average Bonchev–Trinajstić information content (AvgIpc) is 3.29. The Morgan fingerprint density at radius 1 is 0.933 bits per heavy atom. The second kappa shape index (κ2) is 13.9. The Morgan fingerprint density at radius 3 is 2.38 bits per heavy atom. The number of halogens is 5. The van der Waals surface area contributed by atoms with Gasteiger partial charge in [-0.1, -0.05) is 38.0 Å². The third kappa shape index (κ3) is 7.53. The third-order valence-corrected chi connectivity index (χ3v) is 12.3. The van der Waals surface area contributed by atoms with E-state index in [1.807, 2.05) is 18.2 Å².